The topological polar surface area (TPSA) is 68.3 Å². The Labute approximate surface area is 161 Å². The van der Waals surface area contributed by atoms with Crippen LogP contribution in [0.3, 0.4) is 0 Å². The van der Waals surface area contributed by atoms with E-state index < -0.39 is 10.0 Å². The molecule has 1 aromatic heterocycles. The molecule has 3 rings (SSSR count). The van der Waals surface area contributed by atoms with Crippen LogP contribution in [-0.4, -0.2) is 27.1 Å². The molecule has 0 unspecified atom stereocenters. The molecule has 3 aromatic rings. The van der Waals surface area contributed by atoms with Gasteiger partial charge in [-0.1, -0.05) is 11.6 Å². The Hall–Kier alpha value is -1.93. The Morgan fingerprint density at radius 3 is 2.46 bits per heavy atom. The van der Waals surface area contributed by atoms with Gasteiger partial charge in [0.05, 0.1) is 22.7 Å². The van der Waals surface area contributed by atoms with Crippen LogP contribution in [0.4, 0.5) is 0 Å². The molecule has 0 aliphatic rings. The van der Waals surface area contributed by atoms with Gasteiger partial charge in [-0.25, -0.2) is 18.1 Å². The summed E-state index contributed by atoms with van der Waals surface area (Å²) < 4.78 is 32.2. The second kappa shape index (κ2) is 8.18. The van der Waals surface area contributed by atoms with Crippen molar-refractivity contribution in [1.82, 2.24) is 9.71 Å². The van der Waals surface area contributed by atoms with Gasteiger partial charge in [0.1, 0.15) is 5.75 Å². The summed E-state index contributed by atoms with van der Waals surface area (Å²) in [5.41, 5.74) is 1.86. The van der Waals surface area contributed by atoms with Crippen molar-refractivity contribution in [2.45, 2.75) is 11.3 Å². The minimum Gasteiger partial charge on any atom is -0.497 e. The molecule has 0 spiro atoms. The number of methoxy groups -OCH3 is 1. The fraction of sp³-hybridized carbons (Fsp3) is 0.167. The number of nitrogens with zero attached hydrogens (tertiary/aromatic N) is 1. The predicted molar refractivity (Wildman–Crippen MR) is 104 cm³/mol. The normalized spacial score (nSPS) is 11.5. The zero-order valence-electron chi connectivity index (χ0n) is 14.0. The number of thiazole rings is 1. The highest BCUT2D eigenvalue weighted by Crippen LogP contribution is 2.24. The molecule has 0 bridgehead atoms. The smallest absolute Gasteiger partial charge is 0.240 e. The van der Waals surface area contributed by atoms with Gasteiger partial charge in [-0.2, -0.15) is 0 Å². The number of nitrogens with one attached hydrogen (secondary N) is 1. The predicted octanol–water partition coefficient (Wildman–Crippen LogP) is 3.99. The molecule has 0 amide bonds. The van der Waals surface area contributed by atoms with Crippen LogP contribution in [0, 0.1) is 0 Å². The Morgan fingerprint density at radius 1 is 1.12 bits per heavy atom. The van der Waals surface area contributed by atoms with Crippen molar-refractivity contribution >= 4 is 33.0 Å². The SMILES string of the molecule is COc1ccc(-c2csc(CCNS(=O)(=O)c3ccc(Cl)cc3)n2)cc1. The van der Waals surface area contributed by atoms with E-state index >= 15 is 0 Å². The largest absolute Gasteiger partial charge is 0.497 e. The number of rotatable bonds is 7. The van der Waals surface area contributed by atoms with E-state index in [1.54, 1.807) is 19.2 Å². The number of sulfonamides is 1. The molecule has 8 heteroatoms. The molecule has 2 aromatic carbocycles. The molecule has 0 saturated carbocycles. The highest BCUT2D eigenvalue weighted by molar-refractivity contribution is 7.89. The van der Waals surface area contributed by atoms with Gasteiger partial charge in [-0.05, 0) is 48.5 Å². The minimum atomic E-state index is -3.55. The molecule has 0 saturated heterocycles. The standard InChI is InChI=1S/C18H17ClN2O3S2/c1-24-15-6-2-13(3-7-15)17-12-25-18(21-17)10-11-20-26(22,23)16-8-4-14(19)5-9-16/h2-9,12,20H,10-11H2,1H3. The summed E-state index contributed by atoms with van der Waals surface area (Å²) >= 11 is 7.29. The quantitative estimate of drug-likeness (QED) is 0.641. The van der Waals surface area contributed by atoms with Crippen LogP contribution in [0.15, 0.2) is 58.8 Å². The fourth-order valence-corrected chi connectivity index (χ4v) is 4.27. The molecular weight excluding hydrogens is 392 g/mol. The Kier molecular flexibility index (Phi) is 5.93. The molecule has 5 nitrogen and oxygen atoms in total. The van der Waals surface area contributed by atoms with Crippen LogP contribution in [0.25, 0.3) is 11.3 Å². The molecule has 1 N–H and O–H groups in total. The molecule has 0 atom stereocenters. The van der Waals surface area contributed by atoms with Gasteiger partial charge >= 0.3 is 0 Å². The molecular formula is C18H17ClN2O3S2. The maximum Gasteiger partial charge on any atom is 0.240 e. The minimum absolute atomic E-state index is 0.194. The average Bonchev–Trinajstić information content (AvgIpc) is 3.11. The number of aromatic nitrogens is 1. The van der Waals surface area contributed by atoms with Gasteiger partial charge in [-0.15, -0.1) is 11.3 Å². The lowest BCUT2D eigenvalue weighted by Gasteiger charge is -2.05. The Bertz CT molecular complexity index is 968. The van der Waals surface area contributed by atoms with E-state index in [4.69, 9.17) is 16.3 Å². The summed E-state index contributed by atoms with van der Waals surface area (Å²) in [5.74, 6) is 0.792. The van der Waals surface area contributed by atoms with E-state index in [0.29, 0.717) is 11.4 Å². The molecule has 136 valence electrons. The van der Waals surface area contributed by atoms with Crippen LogP contribution in [-0.2, 0) is 16.4 Å². The van der Waals surface area contributed by atoms with E-state index in [1.807, 2.05) is 29.6 Å². The summed E-state index contributed by atoms with van der Waals surface area (Å²) in [7, 11) is -1.92. The molecule has 0 fully saturated rings. The van der Waals surface area contributed by atoms with Gasteiger partial charge in [0.2, 0.25) is 10.0 Å². The third kappa shape index (κ3) is 4.62. The lowest BCUT2D eigenvalue weighted by Crippen LogP contribution is -2.25. The highest BCUT2D eigenvalue weighted by atomic mass is 35.5. The monoisotopic (exact) mass is 408 g/mol. The van der Waals surface area contributed by atoms with Crippen LogP contribution in [0.5, 0.6) is 5.75 Å². The number of halogens is 1. The lowest BCUT2D eigenvalue weighted by atomic mass is 10.2. The van der Waals surface area contributed by atoms with Crippen LogP contribution in [0.2, 0.25) is 5.02 Å². The summed E-state index contributed by atoms with van der Waals surface area (Å²) in [6.07, 6.45) is 0.521. The summed E-state index contributed by atoms with van der Waals surface area (Å²) in [5, 5.41) is 3.33. The van der Waals surface area contributed by atoms with E-state index in [-0.39, 0.29) is 11.4 Å². The highest BCUT2D eigenvalue weighted by Gasteiger charge is 2.13. The van der Waals surface area contributed by atoms with Crippen molar-refractivity contribution in [2.75, 3.05) is 13.7 Å². The second-order valence-corrected chi connectivity index (χ2v) is 8.60. The fourth-order valence-electron chi connectivity index (χ4n) is 2.31. The van der Waals surface area contributed by atoms with Crippen molar-refractivity contribution in [1.29, 1.82) is 0 Å². The third-order valence-corrected chi connectivity index (χ3v) is 6.33. The lowest BCUT2D eigenvalue weighted by molar-refractivity contribution is 0.415. The first-order valence-corrected chi connectivity index (χ1v) is 10.6. The number of ether oxygens (including phenoxy) is 1. The summed E-state index contributed by atoms with van der Waals surface area (Å²) in [6.45, 7) is 0.278. The van der Waals surface area contributed by atoms with Crippen molar-refractivity contribution in [3.63, 3.8) is 0 Å². The number of hydrogen-bond donors (Lipinski definition) is 1. The first-order chi connectivity index (χ1) is 12.5. The average molecular weight is 409 g/mol. The molecule has 0 aliphatic heterocycles. The van der Waals surface area contributed by atoms with E-state index in [2.05, 4.69) is 9.71 Å². The first kappa shape index (κ1) is 18.8. The maximum atomic E-state index is 12.2. The van der Waals surface area contributed by atoms with Crippen LogP contribution < -0.4 is 9.46 Å². The number of hydrogen-bond acceptors (Lipinski definition) is 5. The zero-order valence-corrected chi connectivity index (χ0v) is 16.4. The van der Waals surface area contributed by atoms with Crippen LogP contribution >= 0.6 is 22.9 Å². The zero-order chi connectivity index (χ0) is 18.6. The molecule has 0 radical (unpaired) electrons. The van der Waals surface area contributed by atoms with Gasteiger partial charge in [0, 0.05) is 28.9 Å². The van der Waals surface area contributed by atoms with Crippen LogP contribution in [0.1, 0.15) is 5.01 Å². The van der Waals surface area contributed by atoms with Gasteiger partial charge < -0.3 is 4.74 Å². The van der Waals surface area contributed by atoms with Crippen molar-refractivity contribution in [3.8, 4) is 17.0 Å². The second-order valence-electron chi connectivity index (χ2n) is 5.46. The van der Waals surface area contributed by atoms with E-state index in [9.17, 15) is 8.42 Å². The van der Waals surface area contributed by atoms with E-state index in [0.717, 1.165) is 22.0 Å². The van der Waals surface area contributed by atoms with Crippen molar-refractivity contribution in [3.05, 3.63) is 63.9 Å². The van der Waals surface area contributed by atoms with Gasteiger partial charge in [0.15, 0.2) is 0 Å². The first-order valence-electron chi connectivity index (χ1n) is 7.82. The summed E-state index contributed by atoms with van der Waals surface area (Å²) in [4.78, 5) is 4.76. The molecule has 26 heavy (non-hydrogen) atoms. The molecule has 1 heterocycles. The van der Waals surface area contributed by atoms with E-state index in [1.165, 1.54) is 23.5 Å². The number of benzene rings is 2. The van der Waals surface area contributed by atoms with Gasteiger partial charge in [-0.3, -0.25) is 0 Å². The Balaban J connectivity index is 1.60. The molecule has 0 aliphatic carbocycles. The van der Waals surface area contributed by atoms with Crippen molar-refractivity contribution < 1.29 is 13.2 Å². The summed E-state index contributed by atoms with van der Waals surface area (Å²) in [6, 6.07) is 13.7. The Morgan fingerprint density at radius 2 is 1.81 bits per heavy atom. The van der Waals surface area contributed by atoms with Crippen molar-refractivity contribution in [2.24, 2.45) is 0 Å². The van der Waals surface area contributed by atoms with Gasteiger partial charge in [0.25, 0.3) is 0 Å². The third-order valence-electron chi connectivity index (χ3n) is 3.69. The maximum absolute atomic E-state index is 12.2.